The number of nitrogens with zero attached hydrogens (tertiary/aromatic N) is 2. The highest BCUT2D eigenvalue weighted by atomic mass is 16.5. The summed E-state index contributed by atoms with van der Waals surface area (Å²) in [4.78, 5) is 18.2. The van der Waals surface area contributed by atoms with E-state index in [1.165, 1.54) is 0 Å². The molecule has 0 aliphatic carbocycles. The van der Waals surface area contributed by atoms with Crippen molar-refractivity contribution in [3.8, 4) is 5.75 Å². The number of aromatic nitrogens is 2. The summed E-state index contributed by atoms with van der Waals surface area (Å²) in [7, 11) is 1.63. The zero-order valence-corrected chi connectivity index (χ0v) is 17.9. The van der Waals surface area contributed by atoms with Gasteiger partial charge in [0.2, 0.25) is 5.95 Å². The minimum Gasteiger partial charge on any atom is -0.497 e. The van der Waals surface area contributed by atoms with E-state index >= 15 is 0 Å². The number of benzene rings is 3. The lowest BCUT2D eigenvalue weighted by molar-refractivity contribution is -0.138. The van der Waals surface area contributed by atoms with E-state index in [0.29, 0.717) is 17.2 Å². The van der Waals surface area contributed by atoms with Gasteiger partial charge < -0.3 is 14.8 Å². The lowest BCUT2D eigenvalue weighted by atomic mass is 9.92. The molecule has 2 heterocycles. The number of ether oxygens (including phenoxy) is 2. The Morgan fingerprint density at radius 2 is 1.72 bits per heavy atom. The van der Waals surface area contributed by atoms with Gasteiger partial charge in [0.1, 0.15) is 5.75 Å². The van der Waals surface area contributed by atoms with E-state index in [-0.39, 0.29) is 12.6 Å². The van der Waals surface area contributed by atoms with E-state index in [1.54, 1.807) is 7.11 Å². The number of carbonyl (C=O) groups is 1. The van der Waals surface area contributed by atoms with Crippen molar-refractivity contribution >= 4 is 28.6 Å². The number of nitrogens with one attached hydrogen (secondary N) is 1. The fourth-order valence-electron chi connectivity index (χ4n) is 4.20. The van der Waals surface area contributed by atoms with Crippen LogP contribution < -0.4 is 10.1 Å². The Kier molecular flexibility index (Phi) is 5.11. The van der Waals surface area contributed by atoms with Gasteiger partial charge in [0, 0.05) is 0 Å². The number of rotatable bonds is 5. The summed E-state index contributed by atoms with van der Waals surface area (Å²) in [5, 5.41) is 3.42. The third-order valence-corrected chi connectivity index (χ3v) is 5.62. The molecule has 0 radical (unpaired) electrons. The molecule has 0 saturated heterocycles. The molecular formula is C26H23N3O3. The van der Waals surface area contributed by atoms with E-state index in [2.05, 4.69) is 9.88 Å². The van der Waals surface area contributed by atoms with Crippen LogP contribution in [0.3, 0.4) is 0 Å². The third kappa shape index (κ3) is 3.30. The first-order valence-electron chi connectivity index (χ1n) is 10.6. The van der Waals surface area contributed by atoms with Gasteiger partial charge in [-0.1, -0.05) is 42.5 Å². The number of imidazole rings is 1. The standard InChI is InChI=1S/C26H23N3O3/c1-3-32-25(30)22-23(17-13-15-19(31-2)16-14-17)28-26-27-20-11-7-8-12-21(20)29(26)24(22)18-9-5-4-6-10-18/h4-16,24H,3H2,1-2H3,(H,27,28). The van der Waals surface area contributed by atoms with Gasteiger partial charge >= 0.3 is 5.97 Å². The molecule has 0 saturated carbocycles. The summed E-state index contributed by atoms with van der Waals surface area (Å²) >= 11 is 0. The Morgan fingerprint density at radius 1 is 1.00 bits per heavy atom. The second-order valence-electron chi connectivity index (χ2n) is 7.47. The lowest BCUT2D eigenvalue weighted by Gasteiger charge is -2.31. The van der Waals surface area contributed by atoms with Crippen LogP contribution in [-0.4, -0.2) is 29.2 Å². The minimum absolute atomic E-state index is 0.289. The normalized spacial score (nSPS) is 15.2. The molecule has 6 heteroatoms. The highest BCUT2D eigenvalue weighted by Gasteiger charge is 2.36. The molecule has 1 aliphatic heterocycles. The topological polar surface area (TPSA) is 65.4 Å². The van der Waals surface area contributed by atoms with Crippen LogP contribution in [0, 0.1) is 0 Å². The molecule has 0 bridgehead atoms. The quantitative estimate of drug-likeness (QED) is 0.454. The maximum Gasteiger partial charge on any atom is 0.338 e. The number of esters is 1. The summed E-state index contributed by atoms with van der Waals surface area (Å²) in [6.45, 7) is 2.11. The van der Waals surface area contributed by atoms with Gasteiger partial charge in [-0.25, -0.2) is 9.78 Å². The number of methoxy groups -OCH3 is 1. The molecule has 1 unspecified atom stereocenters. The summed E-state index contributed by atoms with van der Waals surface area (Å²) in [6, 6.07) is 25.1. The molecule has 1 aliphatic rings. The number of fused-ring (bicyclic) bond motifs is 3. The van der Waals surface area contributed by atoms with Crippen LogP contribution in [0.2, 0.25) is 0 Å². The molecule has 1 N–H and O–H groups in total. The summed E-state index contributed by atoms with van der Waals surface area (Å²) in [5.74, 6) is 1.07. The van der Waals surface area contributed by atoms with Crippen molar-refractivity contribution in [1.82, 2.24) is 9.55 Å². The van der Waals surface area contributed by atoms with E-state index in [0.717, 1.165) is 27.9 Å². The number of carbonyl (C=O) groups excluding carboxylic acids is 1. The molecule has 32 heavy (non-hydrogen) atoms. The van der Waals surface area contributed by atoms with Crippen LogP contribution in [-0.2, 0) is 9.53 Å². The first kappa shape index (κ1) is 19.9. The van der Waals surface area contributed by atoms with E-state index in [1.807, 2.05) is 85.8 Å². The monoisotopic (exact) mass is 425 g/mol. The van der Waals surface area contributed by atoms with Crippen molar-refractivity contribution in [2.45, 2.75) is 13.0 Å². The molecule has 0 spiro atoms. The Labute approximate surface area is 186 Å². The van der Waals surface area contributed by atoms with Crippen LogP contribution >= 0.6 is 0 Å². The van der Waals surface area contributed by atoms with E-state index < -0.39 is 6.04 Å². The SMILES string of the molecule is CCOC(=O)C1=C(c2ccc(OC)cc2)Nc2nc3ccccc3n2C1c1ccccc1. The molecule has 1 atom stereocenters. The number of para-hydroxylation sites is 2. The molecule has 1 aromatic heterocycles. The highest BCUT2D eigenvalue weighted by molar-refractivity contribution is 6.03. The largest absolute Gasteiger partial charge is 0.497 e. The maximum atomic E-state index is 13.4. The summed E-state index contributed by atoms with van der Waals surface area (Å²) in [5.41, 5.74) is 4.86. The highest BCUT2D eigenvalue weighted by Crippen LogP contribution is 2.42. The van der Waals surface area contributed by atoms with Gasteiger partial charge in [-0.15, -0.1) is 0 Å². The zero-order chi connectivity index (χ0) is 22.1. The van der Waals surface area contributed by atoms with Crippen LogP contribution in [0.1, 0.15) is 24.1 Å². The Bertz CT molecular complexity index is 1310. The van der Waals surface area contributed by atoms with Crippen molar-refractivity contribution in [3.05, 3.63) is 95.6 Å². The van der Waals surface area contributed by atoms with Crippen LogP contribution in [0.15, 0.2) is 84.4 Å². The smallest absolute Gasteiger partial charge is 0.338 e. The van der Waals surface area contributed by atoms with Crippen LogP contribution in [0.25, 0.3) is 16.7 Å². The van der Waals surface area contributed by atoms with E-state index in [9.17, 15) is 4.79 Å². The van der Waals surface area contributed by atoms with Crippen LogP contribution in [0.5, 0.6) is 5.75 Å². The fourth-order valence-corrected chi connectivity index (χ4v) is 4.20. The Morgan fingerprint density at radius 3 is 2.44 bits per heavy atom. The second kappa shape index (κ2) is 8.23. The van der Waals surface area contributed by atoms with Crippen LogP contribution in [0.4, 0.5) is 5.95 Å². The van der Waals surface area contributed by atoms with Crippen molar-refractivity contribution in [3.63, 3.8) is 0 Å². The molecular weight excluding hydrogens is 402 g/mol. The van der Waals surface area contributed by atoms with Gasteiger partial charge in [-0.3, -0.25) is 4.57 Å². The van der Waals surface area contributed by atoms with E-state index in [4.69, 9.17) is 14.5 Å². The molecule has 0 amide bonds. The van der Waals surface area contributed by atoms with Crippen molar-refractivity contribution in [2.24, 2.45) is 0 Å². The molecule has 5 rings (SSSR count). The number of hydrogen-bond acceptors (Lipinski definition) is 5. The number of hydrogen-bond donors (Lipinski definition) is 1. The predicted molar refractivity (Wildman–Crippen MR) is 124 cm³/mol. The maximum absolute atomic E-state index is 13.4. The summed E-state index contributed by atoms with van der Waals surface area (Å²) in [6.07, 6.45) is 0. The van der Waals surface area contributed by atoms with Gasteiger partial charge in [0.05, 0.1) is 42.1 Å². The Balaban J connectivity index is 1.80. The van der Waals surface area contributed by atoms with Gasteiger partial charge in [0.25, 0.3) is 0 Å². The van der Waals surface area contributed by atoms with Crippen molar-refractivity contribution < 1.29 is 14.3 Å². The average Bonchev–Trinajstić information content (AvgIpc) is 3.22. The summed E-state index contributed by atoms with van der Waals surface area (Å²) < 4.78 is 12.9. The predicted octanol–water partition coefficient (Wildman–Crippen LogP) is 5.03. The zero-order valence-electron chi connectivity index (χ0n) is 17.9. The molecule has 3 aromatic carbocycles. The van der Waals surface area contributed by atoms with Gasteiger partial charge in [-0.05, 0) is 54.4 Å². The van der Waals surface area contributed by atoms with Crippen molar-refractivity contribution in [2.75, 3.05) is 19.0 Å². The molecule has 0 fully saturated rings. The minimum atomic E-state index is -0.393. The van der Waals surface area contributed by atoms with Gasteiger partial charge in [-0.2, -0.15) is 0 Å². The molecule has 160 valence electrons. The third-order valence-electron chi connectivity index (χ3n) is 5.62. The average molecular weight is 425 g/mol. The number of anilines is 1. The second-order valence-corrected chi connectivity index (χ2v) is 7.47. The molecule has 6 nitrogen and oxygen atoms in total. The van der Waals surface area contributed by atoms with Gasteiger partial charge in [0.15, 0.2) is 0 Å². The molecule has 4 aromatic rings. The first-order valence-corrected chi connectivity index (χ1v) is 10.6. The lowest BCUT2D eigenvalue weighted by Crippen LogP contribution is -2.29. The fraction of sp³-hybridized carbons (Fsp3) is 0.154. The first-order chi connectivity index (χ1) is 15.7. The Hall–Kier alpha value is -4.06. The van der Waals surface area contributed by atoms with Crippen molar-refractivity contribution in [1.29, 1.82) is 0 Å².